The highest BCUT2D eigenvalue weighted by Crippen LogP contribution is 2.17. The van der Waals surface area contributed by atoms with Crippen LogP contribution in [-0.2, 0) is 9.84 Å². The number of ether oxygens (including phenoxy) is 1. The fourth-order valence-electron chi connectivity index (χ4n) is 1.56. The van der Waals surface area contributed by atoms with E-state index in [1.165, 1.54) is 0 Å². The Morgan fingerprint density at radius 2 is 1.84 bits per heavy atom. The Kier molecular flexibility index (Phi) is 6.31. The van der Waals surface area contributed by atoms with Gasteiger partial charge < -0.3 is 10.1 Å². The molecule has 0 aromatic heterocycles. The average molecular weight is 285 g/mol. The minimum absolute atomic E-state index is 0.119. The molecule has 0 saturated carbocycles. The van der Waals surface area contributed by atoms with Gasteiger partial charge in [0.15, 0.2) is 9.84 Å². The zero-order valence-electron chi connectivity index (χ0n) is 11.8. The number of nitrogens with one attached hydrogen (secondary N) is 1. The van der Waals surface area contributed by atoms with Crippen molar-refractivity contribution >= 4 is 9.84 Å². The molecule has 1 rings (SSSR count). The van der Waals surface area contributed by atoms with Gasteiger partial charge in [0.05, 0.1) is 17.3 Å². The van der Waals surface area contributed by atoms with Crippen molar-refractivity contribution in [2.75, 3.05) is 18.9 Å². The number of rotatable bonds is 8. The summed E-state index contributed by atoms with van der Waals surface area (Å²) < 4.78 is 28.8. The molecule has 0 bridgehead atoms. The van der Waals surface area contributed by atoms with Crippen molar-refractivity contribution in [1.82, 2.24) is 5.32 Å². The van der Waals surface area contributed by atoms with Crippen molar-refractivity contribution in [2.45, 2.75) is 38.1 Å². The van der Waals surface area contributed by atoms with Gasteiger partial charge in [-0.2, -0.15) is 0 Å². The summed E-state index contributed by atoms with van der Waals surface area (Å²) in [5.74, 6) is 0.827. The Balaban J connectivity index is 2.41. The predicted molar refractivity (Wildman–Crippen MR) is 77.4 cm³/mol. The largest absolute Gasteiger partial charge is 0.494 e. The van der Waals surface area contributed by atoms with E-state index in [9.17, 15) is 8.42 Å². The standard InChI is InChI=1S/C14H23NO3S/c1-4-19(16,17)14-8-6-13(7-9-14)18-11-5-10-15-12(2)3/h6-9,12,15H,4-5,10-11H2,1-3H3. The van der Waals surface area contributed by atoms with Crippen molar-refractivity contribution in [2.24, 2.45) is 0 Å². The van der Waals surface area contributed by atoms with Gasteiger partial charge in [0.1, 0.15) is 5.75 Å². The molecule has 0 spiro atoms. The zero-order chi connectivity index (χ0) is 14.3. The van der Waals surface area contributed by atoms with E-state index in [0.29, 0.717) is 23.3 Å². The average Bonchev–Trinajstić information content (AvgIpc) is 2.38. The Bertz CT molecular complexity index is 466. The quantitative estimate of drug-likeness (QED) is 0.744. The smallest absolute Gasteiger partial charge is 0.178 e. The Hall–Kier alpha value is -1.07. The Morgan fingerprint density at radius 3 is 2.37 bits per heavy atom. The summed E-state index contributed by atoms with van der Waals surface area (Å²) in [6.07, 6.45) is 0.924. The highest BCUT2D eigenvalue weighted by atomic mass is 32.2. The molecular weight excluding hydrogens is 262 g/mol. The fourth-order valence-corrected chi connectivity index (χ4v) is 2.45. The van der Waals surface area contributed by atoms with Crippen molar-refractivity contribution < 1.29 is 13.2 Å². The van der Waals surface area contributed by atoms with Crippen LogP contribution in [-0.4, -0.2) is 33.4 Å². The Labute approximate surface area is 116 Å². The SMILES string of the molecule is CCS(=O)(=O)c1ccc(OCCCNC(C)C)cc1. The minimum Gasteiger partial charge on any atom is -0.494 e. The molecule has 0 fully saturated rings. The second-order valence-electron chi connectivity index (χ2n) is 4.69. The van der Waals surface area contributed by atoms with Gasteiger partial charge in [-0.3, -0.25) is 0 Å². The molecule has 4 nitrogen and oxygen atoms in total. The van der Waals surface area contributed by atoms with Crippen LogP contribution in [0.2, 0.25) is 0 Å². The van der Waals surface area contributed by atoms with Crippen LogP contribution in [0.4, 0.5) is 0 Å². The van der Waals surface area contributed by atoms with E-state index in [1.54, 1.807) is 31.2 Å². The molecule has 0 heterocycles. The summed E-state index contributed by atoms with van der Waals surface area (Å²) >= 11 is 0. The minimum atomic E-state index is -3.12. The van der Waals surface area contributed by atoms with Crippen molar-refractivity contribution in [1.29, 1.82) is 0 Å². The molecule has 1 aromatic rings. The van der Waals surface area contributed by atoms with Crippen LogP contribution in [0.1, 0.15) is 27.2 Å². The van der Waals surface area contributed by atoms with Gasteiger partial charge in [-0.1, -0.05) is 20.8 Å². The first-order valence-electron chi connectivity index (χ1n) is 6.64. The van der Waals surface area contributed by atoms with Gasteiger partial charge >= 0.3 is 0 Å². The highest BCUT2D eigenvalue weighted by molar-refractivity contribution is 7.91. The molecule has 0 atom stereocenters. The van der Waals surface area contributed by atoms with Gasteiger partial charge in [0.25, 0.3) is 0 Å². The van der Waals surface area contributed by atoms with E-state index in [2.05, 4.69) is 19.2 Å². The summed E-state index contributed by atoms with van der Waals surface area (Å²) in [4.78, 5) is 0.351. The van der Waals surface area contributed by atoms with Crippen LogP contribution in [0.3, 0.4) is 0 Å². The van der Waals surface area contributed by atoms with Crippen LogP contribution in [0.5, 0.6) is 5.75 Å². The molecule has 0 amide bonds. The summed E-state index contributed by atoms with van der Waals surface area (Å²) in [5, 5.41) is 3.31. The molecular formula is C14H23NO3S. The molecule has 0 radical (unpaired) electrons. The summed E-state index contributed by atoms with van der Waals surface area (Å²) in [5.41, 5.74) is 0. The second-order valence-corrected chi connectivity index (χ2v) is 6.96. The lowest BCUT2D eigenvalue weighted by Gasteiger charge is -2.09. The third kappa shape index (κ3) is 5.61. The summed E-state index contributed by atoms with van der Waals surface area (Å²) in [6.45, 7) is 7.39. The number of hydrogen-bond acceptors (Lipinski definition) is 4. The van der Waals surface area contributed by atoms with Crippen LogP contribution in [0, 0.1) is 0 Å². The lowest BCUT2D eigenvalue weighted by molar-refractivity contribution is 0.306. The Morgan fingerprint density at radius 1 is 1.21 bits per heavy atom. The monoisotopic (exact) mass is 285 g/mol. The maximum absolute atomic E-state index is 11.6. The summed E-state index contributed by atoms with van der Waals surface area (Å²) in [6, 6.07) is 7.09. The first-order chi connectivity index (χ1) is 8.95. The molecule has 5 heteroatoms. The topological polar surface area (TPSA) is 55.4 Å². The second kappa shape index (κ2) is 7.50. The molecule has 108 valence electrons. The zero-order valence-corrected chi connectivity index (χ0v) is 12.7. The van der Waals surface area contributed by atoms with E-state index < -0.39 is 9.84 Å². The molecule has 0 aliphatic heterocycles. The van der Waals surface area contributed by atoms with Gasteiger partial charge in [0, 0.05) is 6.04 Å². The van der Waals surface area contributed by atoms with Crippen LogP contribution in [0.15, 0.2) is 29.2 Å². The third-order valence-corrected chi connectivity index (χ3v) is 4.46. The van der Waals surface area contributed by atoms with E-state index in [-0.39, 0.29) is 5.75 Å². The first-order valence-corrected chi connectivity index (χ1v) is 8.30. The maximum Gasteiger partial charge on any atom is 0.178 e. The normalized spacial score (nSPS) is 11.8. The van der Waals surface area contributed by atoms with Crippen molar-refractivity contribution in [3.63, 3.8) is 0 Å². The summed E-state index contributed by atoms with van der Waals surface area (Å²) in [7, 11) is -3.12. The number of hydrogen-bond donors (Lipinski definition) is 1. The van der Waals surface area contributed by atoms with E-state index in [0.717, 1.165) is 13.0 Å². The highest BCUT2D eigenvalue weighted by Gasteiger charge is 2.10. The molecule has 1 N–H and O–H groups in total. The predicted octanol–water partition coefficient (Wildman–Crippen LogP) is 2.25. The van der Waals surface area contributed by atoms with Crippen LogP contribution < -0.4 is 10.1 Å². The molecule has 0 unspecified atom stereocenters. The van der Waals surface area contributed by atoms with Crippen LogP contribution in [0.25, 0.3) is 0 Å². The molecule has 0 aliphatic carbocycles. The molecule has 0 saturated heterocycles. The first kappa shape index (κ1) is 16.0. The van der Waals surface area contributed by atoms with E-state index in [4.69, 9.17) is 4.74 Å². The van der Waals surface area contributed by atoms with E-state index in [1.807, 2.05) is 0 Å². The van der Waals surface area contributed by atoms with E-state index >= 15 is 0 Å². The molecule has 19 heavy (non-hydrogen) atoms. The van der Waals surface area contributed by atoms with Crippen LogP contribution >= 0.6 is 0 Å². The molecule has 0 aliphatic rings. The fraction of sp³-hybridized carbons (Fsp3) is 0.571. The number of sulfone groups is 1. The lowest BCUT2D eigenvalue weighted by atomic mass is 10.3. The van der Waals surface area contributed by atoms with Gasteiger partial charge in [-0.25, -0.2) is 8.42 Å². The third-order valence-electron chi connectivity index (χ3n) is 2.71. The lowest BCUT2D eigenvalue weighted by Crippen LogP contribution is -2.24. The van der Waals surface area contributed by atoms with Gasteiger partial charge in [0.2, 0.25) is 0 Å². The van der Waals surface area contributed by atoms with Crippen molar-refractivity contribution in [3.05, 3.63) is 24.3 Å². The number of benzene rings is 1. The van der Waals surface area contributed by atoms with Crippen molar-refractivity contribution in [3.8, 4) is 5.75 Å². The van der Waals surface area contributed by atoms with Gasteiger partial charge in [-0.15, -0.1) is 0 Å². The molecule has 1 aromatic carbocycles. The maximum atomic E-state index is 11.6. The van der Waals surface area contributed by atoms with Gasteiger partial charge in [-0.05, 0) is 37.2 Å².